The van der Waals surface area contributed by atoms with E-state index < -0.39 is 12.0 Å². The van der Waals surface area contributed by atoms with Crippen molar-refractivity contribution in [2.45, 2.75) is 19.4 Å². The Morgan fingerprint density at radius 1 is 1.26 bits per heavy atom. The average molecular weight is 536 g/mol. The number of carboxylic acid groups (broad SMARTS) is 1. The van der Waals surface area contributed by atoms with E-state index in [1.165, 1.54) is 0 Å². The number of nitrogens with one attached hydrogen (secondary N) is 1. The Hall–Kier alpha value is -3.22. The Morgan fingerprint density at radius 2 is 2.03 bits per heavy atom. The minimum atomic E-state index is -1.11. The quantitative estimate of drug-likeness (QED) is 0.297. The molecule has 1 aromatic carbocycles. The number of aromatic nitrogens is 3. The van der Waals surface area contributed by atoms with E-state index in [1.807, 2.05) is 24.3 Å². The standard InChI is InChI=1S/C20H21IN6O4/c1-26(17(28)3-2-7-24-20(30)31)11-12-4-5-15-14(9-12)18(19(22)29)25-27(15)16-10-13(21)6-8-23-16/h4-6,8-10,24H,2-3,7,11H2,1H3,(H2,22,29)(H,30,31). The van der Waals surface area contributed by atoms with E-state index in [4.69, 9.17) is 10.8 Å². The van der Waals surface area contributed by atoms with Crippen LogP contribution in [0.1, 0.15) is 28.9 Å². The number of pyridine rings is 1. The normalized spacial score (nSPS) is 10.8. The van der Waals surface area contributed by atoms with Crippen LogP contribution in [0.4, 0.5) is 4.79 Å². The molecule has 0 saturated carbocycles. The number of halogens is 1. The van der Waals surface area contributed by atoms with Crippen LogP contribution in [0.2, 0.25) is 0 Å². The molecule has 0 radical (unpaired) electrons. The third kappa shape index (κ3) is 5.48. The summed E-state index contributed by atoms with van der Waals surface area (Å²) >= 11 is 2.17. The van der Waals surface area contributed by atoms with Crippen molar-refractivity contribution >= 4 is 51.4 Å². The van der Waals surface area contributed by atoms with Gasteiger partial charge in [0.1, 0.15) is 0 Å². The molecule has 0 aliphatic heterocycles. The number of nitrogens with two attached hydrogens (primary N) is 1. The zero-order valence-electron chi connectivity index (χ0n) is 16.7. The van der Waals surface area contributed by atoms with Gasteiger partial charge in [-0.15, -0.1) is 0 Å². The molecule has 0 fully saturated rings. The smallest absolute Gasteiger partial charge is 0.404 e. The van der Waals surface area contributed by atoms with Crippen LogP contribution in [0.5, 0.6) is 0 Å². The van der Waals surface area contributed by atoms with Gasteiger partial charge in [-0.05, 0) is 58.8 Å². The van der Waals surface area contributed by atoms with Crippen molar-refractivity contribution < 1.29 is 19.5 Å². The second-order valence-corrected chi connectivity index (χ2v) is 8.14. The summed E-state index contributed by atoms with van der Waals surface area (Å²) in [5, 5.41) is 15.7. The molecule has 3 rings (SSSR count). The van der Waals surface area contributed by atoms with E-state index in [0.717, 1.165) is 9.13 Å². The third-order valence-electron chi connectivity index (χ3n) is 4.59. The number of hydrogen-bond acceptors (Lipinski definition) is 5. The lowest BCUT2D eigenvalue weighted by Crippen LogP contribution is -2.28. The van der Waals surface area contributed by atoms with Gasteiger partial charge >= 0.3 is 6.09 Å². The Morgan fingerprint density at radius 3 is 2.71 bits per heavy atom. The van der Waals surface area contributed by atoms with Gasteiger partial charge in [0.15, 0.2) is 11.5 Å². The molecule has 3 amide bonds. The van der Waals surface area contributed by atoms with E-state index in [9.17, 15) is 14.4 Å². The van der Waals surface area contributed by atoms with Crippen molar-refractivity contribution in [3.8, 4) is 5.82 Å². The van der Waals surface area contributed by atoms with E-state index in [1.54, 1.807) is 28.9 Å². The third-order valence-corrected chi connectivity index (χ3v) is 5.26. The predicted molar refractivity (Wildman–Crippen MR) is 122 cm³/mol. The summed E-state index contributed by atoms with van der Waals surface area (Å²) in [5.41, 5.74) is 7.16. The summed E-state index contributed by atoms with van der Waals surface area (Å²) in [6.07, 6.45) is 1.19. The number of nitrogens with zero attached hydrogens (tertiary/aromatic N) is 4. The van der Waals surface area contributed by atoms with Gasteiger partial charge < -0.3 is 21.1 Å². The first kappa shape index (κ1) is 22.5. The average Bonchev–Trinajstić information content (AvgIpc) is 3.10. The predicted octanol–water partition coefficient (Wildman–Crippen LogP) is 2.13. The van der Waals surface area contributed by atoms with Gasteiger partial charge in [-0.2, -0.15) is 5.10 Å². The van der Waals surface area contributed by atoms with Crippen molar-refractivity contribution in [1.82, 2.24) is 25.0 Å². The molecule has 0 atom stereocenters. The first-order valence-electron chi connectivity index (χ1n) is 9.40. The monoisotopic (exact) mass is 536 g/mol. The summed E-state index contributed by atoms with van der Waals surface area (Å²) in [6, 6.07) is 9.17. The summed E-state index contributed by atoms with van der Waals surface area (Å²) in [5.74, 6) is -0.192. The molecule has 162 valence electrons. The van der Waals surface area contributed by atoms with Gasteiger partial charge in [0.25, 0.3) is 5.91 Å². The topological polar surface area (TPSA) is 143 Å². The Balaban J connectivity index is 1.82. The lowest BCUT2D eigenvalue weighted by molar-refractivity contribution is -0.130. The largest absolute Gasteiger partial charge is 0.465 e. The highest BCUT2D eigenvalue weighted by Crippen LogP contribution is 2.24. The highest BCUT2D eigenvalue weighted by Gasteiger charge is 2.18. The van der Waals surface area contributed by atoms with Crippen molar-refractivity contribution in [2.75, 3.05) is 13.6 Å². The van der Waals surface area contributed by atoms with Gasteiger partial charge in [0.2, 0.25) is 5.91 Å². The van der Waals surface area contributed by atoms with E-state index in [-0.39, 0.29) is 24.6 Å². The zero-order valence-corrected chi connectivity index (χ0v) is 18.9. The molecule has 10 nitrogen and oxygen atoms in total. The summed E-state index contributed by atoms with van der Waals surface area (Å²) in [7, 11) is 1.67. The maximum atomic E-state index is 12.3. The van der Waals surface area contributed by atoms with Crippen molar-refractivity contribution in [2.24, 2.45) is 5.73 Å². The molecule has 3 aromatic rings. The first-order chi connectivity index (χ1) is 14.8. The summed E-state index contributed by atoms with van der Waals surface area (Å²) in [6.45, 7) is 0.542. The van der Waals surface area contributed by atoms with Crippen molar-refractivity contribution in [3.05, 3.63) is 51.4 Å². The van der Waals surface area contributed by atoms with Gasteiger partial charge in [-0.25, -0.2) is 14.5 Å². The fourth-order valence-electron chi connectivity index (χ4n) is 3.12. The molecular formula is C20H21IN6O4. The first-order valence-corrected chi connectivity index (χ1v) is 10.5. The minimum absolute atomic E-state index is 0.110. The second-order valence-electron chi connectivity index (χ2n) is 6.89. The molecule has 31 heavy (non-hydrogen) atoms. The number of carbonyl (C=O) groups is 3. The number of carbonyl (C=O) groups excluding carboxylic acids is 2. The van der Waals surface area contributed by atoms with Gasteiger partial charge in [-0.1, -0.05) is 6.07 Å². The van der Waals surface area contributed by atoms with Crippen LogP contribution < -0.4 is 11.1 Å². The van der Waals surface area contributed by atoms with Gasteiger partial charge in [0, 0.05) is 41.7 Å². The molecule has 0 bridgehead atoms. The number of benzene rings is 1. The highest BCUT2D eigenvalue weighted by atomic mass is 127. The lowest BCUT2D eigenvalue weighted by Gasteiger charge is -2.17. The molecule has 0 unspecified atom stereocenters. The van der Waals surface area contributed by atoms with Crippen LogP contribution >= 0.6 is 22.6 Å². The van der Waals surface area contributed by atoms with E-state index in [0.29, 0.717) is 29.7 Å². The van der Waals surface area contributed by atoms with Crippen molar-refractivity contribution in [1.29, 1.82) is 0 Å². The second kappa shape index (κ2) is 9.73. The number of primary amides is 1. The fraction of sp³-hybridized carbons (Fsp3) is 0.250. The SMILES string of the molecule is CN(Cc1ccc2c(c1)c(C(N)=O)nn2-c1cc(I)ccn1)C(=O)CCCNC(=O)O. The van der Waals surface area contributed by atoms with Crippen LogP contribution in [-0.4, -0.2) is 56.3 Å². The number of hydrogen-bond donors (Lipinski definition) is 3. The number of rotatable bonds is 8. The molecule has 4 N–H and O–H groups in total. The summed E-state index contributed by atoms with van der Waals surface area (Å²) in [4.78, 5) is 40.6. The molecule has 2 aromatic heterocycles. The van der Waals surface area contributed by atoms with Crippen LogP contribution in [0.25, 0.3) is 16.7 Å². The zero-order chi connectivity index (χ0) is 22.5. The van der Waals surface area contributed by atoms with Crippen LogP contribution in [0.15, 0.2) is 36.5 Å². The molecular weight excluding hydrogens is 515 g/mol. The minimum Gasteiger partial charge on any atom is -0.465 e. The maximum absolute atomic E-state index is 12.3. The molecule has 0 aliphatic rings. The summed E-state index contributed by atoms with van der Waals surface area (Å²) < 4.78 is 2.55. The molecule has 0 saturated heterocycles. The van der Waals surface area contributed by atoms with Crippen LogP contribution in [-0.2, 0) is 11.3 Å². The Kier molecular flexibility index (Phi) is 7.05. The van der Waals surface area contributed by atoms with Crippen molar-refractivity contribution in [3.63, 3.8) is 0 Å². The van der Waals surface area contributed by atoms with Gasteiger partial charge in [0.05, 0.1) is 5.52 Å². The maximum Gasteiger partial charge on any atom is 0.404 e. The van der Waals surface area contributed by atoms with E-state index >= 15 is 0 Å². The Labute approximate surface area is 191 Å². The molecule has 0 aliphatic carbocycles. The highest BCUT2D eigenvalue weighted by molar-refractivity contribution is 14.1. The molecule has 0 spiro atoms. The Bertz CT molecular complexity index is 1150. The number of amides is 3. The van der Waals surface area contributed by atoms with E-state index in [2.05, 4.69) is 38.0 Å². The van der Waals surface area contributed by atoms with Crippen LogP contribution in [0.3, 0.4) is 0 Å². The number of fused-ring (bicyclic) bond motifs is 1. The van der Waals surface area contributed by atoms with Gasteiger partial charge in [-0.3, -0.25) is 9.59 Å². The molecule has 2 heterocycles. The lowest BCUT2D eigenvalue weighted by atomic mass is 10.1. The fourth-order valence-corrected chi connectivity index (χ4v) is 3.56. The van der Waals surface area contributed by atoms with Crippen LogP contribution in [0, 0.1) is 3.57 Å². The molecule has 11 heteroatoms.